The molecule has 1 aromatic heterocycles. The van der Waals surface area contributed by atoms with E-state index in [1.54, 1.807) is 42.5 Å². The van der Waals surface area contributed by atoms with Gasteiger partial charge >= 0.3 is 16.9 Å². The highest BCUT2D eigenvalue weighted by Crippen LogP contribution is 2.25. The molecule has 1 heterocycles. The van der Waals surface area contributed by atoms with Crippen LogP contribution in [0.2, 0.25) is 10.0 Å². The lowest BCUT2D eigenvalue weighted by Crippen LogP contribution is -2.25. The number of nitrogens with zero attached hydrogens (tertiary/aromatic N) is 1. The van der Waals surface area contributed by atoms with E-state index in [9.17, 15) is 19.7 Å². The van der Waals surface area contributed by atoms with Crippen LogP contribution in [0.5, 0.6) is 5.75 Å². The number of rotatable bonds is 6. The third-order valence-electron chi connectivity index (χ3n) is 3.87. The SMILES string of the molecule is O=c1[nH]c(/C=C\c2ccccc2OCc2ccc(Cl)cc2Cl)c([N+](=O)[O-])c(=O)[nH]1. The van der Waals surface area contributed by atoms with Gasteiger partial charge in [0.1, 0.15) is 18.1 Å². The highest BCUT2D eigenvalue weighted by Gasteiger charge is 2.18. The molecule has 8 nitrogen and oxygen atoms in total. The fourth-order valence-electron chi connectivity index (χ4n) is 2.52. The number of aromatic amines is 2. The maximum Gasteiger partial charge on any atom is 0.357 e. The summed E-state index contributed by atoms with van der Waals surface area (Å²) in [7, 11) is 0. The summed E-state index contributed by atoms with van der Waals surface area (Å²) in [6.07, 6.45) is 2.77. The molecule has 3 aromatic rings. The Hall–Kier alpha value is -3.36. The van der Waals surface area contributed by atoms with Gasteiger partial charge in [0, 0.05) is 21.2 Å². The van der Waals surface area contributed by atoms with Gasteiger partial charge in [0.05, 0.1) is 4.92 Å². The number of ether oxygens (including phenoxy) is 1. The quantitative estimate of drug-likeness (QED) is 0.449. The van der Waals surface area contributed by atoms with E-state index in [0.29, 0.717) is 21.4 Å². The maximum absolute atomic E-state index is 11.7. The second kappa shape index (κ2) is 8.76. The summed E-state index contributed by atoms with van der Waals surface area (Å²) in [6.45, 7) is 0.169. The molecule has 0 aliphatic rings. The highest BCUT2D eigenvalue weighted by molar-refractivity contribution is 6.35. The second-order valence-electron chi connectivity index (χ2n) is 5.82. The number of halogens is 2. The van der Waals surface area contributed by atoms with Gasteiger partial charge in [-0.05, 0) is 30.4 Å². The predicted octanol–water partition coefficient (Wildman–Crippen LogP) is 4.03. The molecule has 0 spiro atoms. The standard InChI is InChI=1S/C19H13Cl2N3O5/c20-13-7-5-12(14(21)9-13)10-29-16-4-2-1-3-11(16)6-8-15-17(24(27)28)18(25)23-19(26)22-15/h1-9H,10H2,(H2,22,23,25,26)/b8-6-. The molecule has 0 saturated heterocycles. The summed E-state index contributed by atoms with van der Waals surface area (Å²) in [6, 6.07) is 12.0. The first-order valence-electron chi connectivity index (χ1n) is 8.20. The van der Waals surface area contributed by atoms with Crippen LogP contribution in [0, 0.1) is 10.1 Å². The Morgan fingerprint density at radius 3 is 2.55 bits per heavy atom. The van der Waals surface area contributed by atoms with Crippen LogP contribution in [0.15, 0.2) is 52.1 Å². The van der Waals surface area contributed by atoms with Crippen molar-refractivity contribution in [3.05, 3.63) is 100 Å². The first-order valence-corrected chi connectivity index (χ1v) is 8.95. The van der Waals surface area contributed by atoms with Crippen LogP contribution in [0.1, 0.15) is 16.8 Å². The Morgan fingerprint density at radius 1 is 1.07 bits per heavy atom. The molecule has 29 heavy (non-hydrogen) atoms. The van der Waals surface area contributed by atoms with Gasteiger partial charge in [0.2, 0.25) is 0 Å². The zero-order valence-electron chi connectivity index (χ0n) is 14.6. The minimum atomic E-state index is -1.08. The maximum atomic E-state index is 11.7. The predicted molar refractivity (Wildman–Crippen MR) is 111 cm³/mol. The zero-order valence-corrected chi connectivity index (χ0v) is 16.2. The smallest absolute Gasteiger partial charge is 0.357 e. The summed E-state index contributed by atoms with van der Waals surface area (Å²) in [5.74, 6) is 0.476. The molecule has 0 fully saturated rings. The largest absolute Gasteiger partial charge is 0.488 e. The van der Waals surface area contributed by atoms with Crippen molar-refractivity contribution >= 4 is 41.0 Å². The molecule has 0 saturated carbocycles. The van der Waals surface area contributed by atoms with Gasteiger partial charge in [0.25, 0.3) is 0 Å². The molecule has 0 aliphatic carbocycles. The van der Waals surface area contributed by atoms with Crippen molar-refractivity contribution in [2.75, 3.05) is 0 Å². The van der Waals surface area contributed by atoms with Crippen LogP contribution in [-0.2, 0) is 6.61 Å². The van der Waals surface area contributed by atoms with Crippen LogP contribution in [0.25, 0.3) is 12.2 Å². The normalized spacial score (nSPS) is 11.0. The molecular weight excluding hydrogens is 421 g/mol. The molecule has 0 bridgehead atoms. The summed E-state index contributed by atoms with van der Waals surface area (Å²) in [5.41, 5.74) is -1.61. The number of aromatic nitrogens is 2. The van der Waals surface area contributed by atoms with E-state index < -0.39 is 21.9 Å². The number of H-pyrrole nitrogens is 2. The summed E-state index contributed by atoms with van der Waals surface area (Å²) < 4.78 is 5.80. The molecule has 0 unspecified atom stereocenters. The van der Waals surface area contributed by atoms with E-state index >= 15 is 0 Å². The number of nitrogens with one attached hydrogen (secondary N) is 2. The van der Waals surface area contributed by atoms with Gasteiger partial charge < -0.3 is 9.72 Å². The lowest BCUT2D eigenvalue weighted by Gasteiger charge is -2.10. The van der Waals surface area contributed by atoms with E-state index in [2.05, 4.69) is 4.98 Å². The first kappa shape index (κ1) is 20.4. The van der Waals surface area contributed by atoms with Crippen LogP contribution < -0.4 is 16.0 Å². The van der Waals surface area contributed by atoms with Crippen molar-refractivity contribution in [3.8, 4) is 5.75 Å². The van der Waals surface area contributed by atoms with Crippen molar-refractivity contribution in [1.82, 2.24) is 9.97 Å². The Labute approximate surface area is 173 Å². The molecule has 3 rings (SSSR count). The van der Waals surface area contributed by atoms with Crippen molar-refractivity contribution in [2.45, 2.75) is 6.61 Å². The number of nitro groups is 1. The van der Waals surface area contributed by atoms with E-state index in [0.717, 1.165) is 5.56 Å². The van der Waals surface area contributed by atoms with Crippen molar-refractivity contribution < 1.29 is 9.66 Å². The van der Waals surface area contributed by atoms with Gasteiger partial charge in [-0.2, -0.15) is 0 Å². The van der Waals surface area contributed by atoms with E-state index in [-0.39, 0.29) is 12.3 Å². The fourth-order valence-corrected chi connectivity index (χ4v) is 2.98. The van der Waals surface area contributed by atoms with Crippen LogP contribution in [0.3, 0.4) is 0 Å². The molecule has 10 heteroatoms. The molecule has 0 atom stereocenters. The Balaban J connectivity index is 1.89. The highest BCUT2D eigenvalue weighted by atomic mass is 35.5. The summed E-state index contributed by atoms with van der Waals surface area (Å²) >= 11 is 12.0. The van der Waals surface area contributed by atoms with Crippen LogP contribution >= 0.6 is 23.2 Å². The third kappa shape index (κ3) is 4.92. The van der Waals surface area contributed by atoms with E-state index in [1.807, 2.05) is 4.98 Å². The molecular formula is C19H13Cl2N3O5. The van der Waals surface area contributed by atoms with Crippen molar-refractivity contribution in [1.29, 1.82) is 0 Å². The second-order valence-corrected chi connectivity index (χ2v) is 6.67. The van der Waals surface area contributed by atoms with E-state index in [4.69, 9.17) is 27.9 Å². The summed E-state index contributed by atoms with van der Waals surface area (Å²) in [5, 5.41) is 12.1. The van der Waals surface area contributed by atoms with Gasteiger partial charge in [-0.1, -0.05) is 47.5 Å². The van der Waals surface area contributed by atoms with Gasteiger partial charge in [-0.3, -0.25) is 19.9 Å². The monoisotopic (exact) mass is 433 g/mol. The average Bonchev–Trinajstić information content (AvgIpc) is 2.65. The molecule has 0 aliphatic heterocycles. The minimum Gasteiger partial charge on any atom is -0.488 e. The van der Waals surface area contributed by atoms with E-state index in [1.165, 1.54) is 12.2 Å². The fraction of sp³-hybridized carbons (Fsp3) is 0.0526. The molecule has 148 valence electrons. The van der Waals surface area contributed by atoms with Gasteiger partial charge in [-0.25, -0.2) is 4.79 Å². The first-order chi connectivity index (χ1) is 13.8. The number of hydrogen-bond acceptors (Lipinski definition) is 5. The van der Waals surface area contributed by atoms with Crippen molar-refractivity contribution in [3.63, 3.8) is 0 Å². The van der Waals surface area contributed by atoms with Gasteiger partial charge in [-0.15, -0.1) is 0 Å². The lowest BCUT2D eigenvalue weighted by molar-refractivity contribution is -0.386. The lowest BCUT2D eigenvalue weighted by atomic mass is 10.1. The molecule has 0 amide bonds. The number of benzene rings is 2. The topological polar surface area (TPSA) is 118 Å². The third-order valence-corrected chi connectivity index (χ3v) is 4.46. The molecule has 2 aromatic carbocycles. The molecule has 0 radical (unpaired) electrons. The van der Waals surface area contributed by atoms with Gasteiger partial charge in [0.15, 0.2) is 0 Å². The average molecular weight is 434 g/mol. The number of hydrogen-bond donors (Lipinski definition) is 2. The Morgan fingerprint density at radius 2 is 1.83 bits per heavy atom. The Bertz CT molecular complexity index is 1220. The summed E-state index contributed by atoms with van der Waals surface area (Å²) in [4.78, 5) is 37.5. The van der Waals surface area contributed by atoms with Crippen LogP contribution in [0.4, 0.5) is 5.69 Å². The zero-order chi connectivity index (χ0) is 21.0. The number of para-hydroxylation sites is 1. The minimum absolute atomic E-state index is 0.169. The molecule has 2 N–H and O–H groups in total. The Kier molecular flexibility index (Phi) is 6.16. The van der Waals surface area contributed by atoms with Crippen LogP contribution in [-0.4, -0.2) is 14.9 Å². The van der Waals surface area contributed by atoms with Crippen molar-refractivity contribution in [2.24, 2.45) is 0 Å².